The monoisotopic (exact) mass is 330 g/mol. The molecule has 0 bridgehead atoms. The normalized spacial score (nSPS) is 10.7. The van der Waals surface area contributed by atoms with E-state index in [0.29, 0.717) is 10.7 Å². The van der Waals surface area contributed by atoms with Crippen LogP contribution in [-0.2, 0) is 0 Å². The van der Waals surface area contributed by atoms with Crippen LogP contribution < -0.4 is 0 Å². The predicted molar refractivity (Wildman–Crippen MR) is 89.2 cm³/mol. The van der Waals surface area contributed by atoms with Crippen molar-refractivity contribution in [2.24, 2.45) is 0 Å². The summed E-state index contributed by atoms with van der Waals surface area (Å²) in [6.07, 6.45) is 6.58. The summed E-state index contributed by atoms with van der Waals surface area (Å²) >= 11 is 11.8. The number of unbranched alkanes of at least 4 members (excludes halogenated alkanes) is 4. The molecule has 0 saturated carbocycles. The number of aromatic nitrogens is 1. The molecule has 1 rings (SSSR count). The molecule has 0 atom stereocenters. The van der Waals surface area contributed by atoms with Gasteiger partial charge in [-0.15, -0.1) is 0 Å². The van der Waals surface area contributed by atoms with Gasteiger partial charge in [-0.25, -0.2) is 4.98 Å². The van der Waals surface area contributed by atoms with Crippen LogP contribution in [-0.4, -0.2) is 28.9 Å². The fourth-order valence-corrected chi connectivity index (χ4v) is 2.59. The van der Waals surface area contributed by atoms with Crippen LogP contribution in [0.15, 0.2) is 12.1 Å². The molecule has 0 N–H and O–H groups in total. The highest BCUT2D eigenvalue weighted by Gasteiger charge is 2.18. The molecule has 0 saturated heterocycles. The zero-order chi connectivity index (χ0) is 15.7. The smallest absolute Gasteiger partial charge is 0.256 e. The van der Waals surface area contributed by atoms with Gasteiger partial charge in [-0.1, -0.05) is 62.7 Å². The molecule has 0 fully saturated rings. The van der Waals surface area contributed by atoms with Crippen LogP contribution >= 0.6 is 23.2 Å². The minimum absolute atomic E-state index is 0.0450. The first-order valence-electron chi connectivity index (χ1n) is 7.71. The maximum Gasteiger partial charge on any atom is 0.256 e. The van der Waals surface area contributed by atoms with Gasteiger partial charge in [-0.05, 0) is 25.0 Å². The lowest BCUT2D eigenvalue weighted by molar-refractivity contribution is 0.0749. The molecule has 1 aromatic rings. The minimum Gasteiger partial charge on any atom is -0.339 e. The fraction of sp³-hybridized carbons (Fsp3) is 0.625. The Morgan fingerprint density at radius 2 is 1.62 bits per heavy atom. The molecule has 3 nitrogen and oxygen atoms in total. The number of halogens is 2. The summed E-state index contributed by atoms with van der Waals surface area (Å²) in [5.74, 6) is -0.0450. The number of hydrogen-bond acceptors (Lipinski definition) is 2. The molecule has 0 aliphatic rings. The first-order valence-corrected chi connectivity index (χ1v) is 8.47. The fourth-order valence-electron chi connectivity index (χ4n) is 2.16. The van der Waals surface area contributed by atoms with Gasteiger partial charge in [0.15, 0.2) is 0 Å². The van der Waals surface area contributed by atoms with Gasteiger partial charge in [0.1, 0.15) is 10.3 Å². The van der Waals surface area contributed by atoms with Gasteiger partial charge in [0.2, 0.25) is 0 Å². The second-order valence-corrected chi connectivity index (χ2v) is 5.92. The molecule has 1 heterocycles. The number of hydrogen-bond donors (Lipinski definition) is 0. The van der Waals surface area contributed by atoms with Crippen molar-refractivity contribution in [2.75, 3.05) is 13.1 Å². The average Bonchev–Trinajstić information content (AvgIpc) is 2.45. The summed E-state index contributed by atoms with van der Waals surface area (Å²) in [7, 11) is 0. The Morgan fingerprint density at radius 3 is 2.10 bits per heavy atom. The predicted octanol–water partition coefficient (Wildman–Crippen LogP) is 5.21. The average molecular weight is 331 g/mol. The van der Waals surface area contributed by atoms with E-state index in [0.717, 1.165) is 51.6 Å². The van der Waals surface area contributed by atoms with E-state index in [-0.39, 0.29) is 11.1 Å². The first kappa shape index (κ1) is 18.2. The van der Waals surface area contributed by atoms with E-state index < -0.39 is 0 Å². The maximum atomic E-state index is 12.6. The molecule has 21 heavy (non-hydrogen) atoms. The Morgan fingerprint density at radius 1 is 1.05 bits per heavy atom. The molecule has 0 spiro atoms. The van der Waals surface area contributed by atoms with Gasteiger partial charge in [0, 0.05) is 13.1 Å². The van der Waals surface area contributed by atoms with Crippen molar-refractivity contribution in [1.82, 2.24) is 9.88 Å². The van der Waals surface area contributed by atoms with Crippen LogP contribution in [0.25, 0.3) is 0 Å². The standard InChI is InChI=1S/C16H24Cl2N2O/c1-3-5-7-11-20(12-8-6-4-2)16(21)13-9-10-14(17)19-15(13)18/h9-10H,3-8,11-12H2,1-2H3. The van der Waals surface area contributed by atoms with E-state index in [1.54, 1.807) is 12.1 Å². The van der Waals surface area contributed by atoms with Crippen LogP contribution in [0.4, 0.5) is 0 Å². The first-order chi connectivity index (χ1) is 10.1. The number of rotatable bonds is 9. The summed E-state index contributed by atoms with van der Waals surface area (Å²) < 4.78 is 0. The Labute approximate surface area is 137 Å². The Hall–Kier alpha value is -0.800. The van der Waals surface area contributed by atoms with Crippen molar-refractivity contribution in [1.29, 1.82) is 0 Å². The van der Waals surface area contributed by atoms with Gasteiger partial charge in [0.05, 0.1) is 5.56 Å². The highest BCUT2D eigenvalue weighted by atomic mass is 35.5. The van der Waals surface area contributed by atoms with E-state index in [1.165, 1.54) is 0 Å². The summed E-state index contributed by atoms with van der Waals surface area (Å²) in [6.45, 7) is 5.86. The zero-order valence-corrected chi connectivity index (χ0v) is 14.4. The van der Waals surface area contributed by atoms with Gasteiger partial charge < -0.3 is 4.90 Å². The highest BCUT2D eigenvalue weighted by molar-refractivity contribution is 6.34. The van der Waals surface area contributed by atoms with Crippen LogP contribution in [0.1, 0.15) is 62.7 Å². The Bertz CT molecular complexity index is 442. The lowest BCUT2D eigenvalue weighted by Gasteiger charge is -2.23. The number of pyridine rings is 1. The van der Waals surface area contributed by atoms with Gasteiger partial charge in [-0.2, -0.15) is 0 Å². The second kappa shape index (κ2) is 10.0. The lowest BCUT2D eigenvalue weighted by atomic mass is 10.2. The van der Waals surface area contributed by atoms with E-state index in [9.17, 15) is 4.79 Å². The van der Waals surface area contributed by atoms with Crippen molar-refractivity contribution in [3.8, 4) is 0 Å². The Balaban J connectivity index is 2.76. The van der Waals surface area contributed by atoms with Crippen LogP contribution in [0.5, 0.6) is 0 Å². The number of carbonyl (C=O) groups is 1. The molecule has 118 valence electrons. The minimum atomic E-state index is -0.0450. The molecule has 1 aromatic heterocycles. The van der Waals surface area contributed by atoms with Crippen molar-refractivity contribution >= 4 is 29.1 Å². The van der Waals surface area contributed by atoms with E-state index in [1.807, 2.05) is 4.90 Å². The lowest BCUT2D eigenvalue weighted by Crippen LogP contribution is -2.33. The van der Waals surface area contributed by atoms with Crippen LogP contribution in [0.3, 0.4) is 0 Å². The largest absolute Gasteiger partial charge is 0.339 e. The third kappa shape index (κ3) is 6.23. The third-order valence-electron chi connectivity index (χ3n) is 3.40. The van der Waals surface area contributed by atoms with E-state index >= 15 is 0 Å². The van der Waals surface area contributed by atoms with E-state index in [2.05, 4.69) is 18.8 Å². The van der Waals surface area contributed by atoms with Gasteiger partial charge >= 0.3 is 0 Å². The van der Waals surface area contributed by atoms with E-state index in [4.69, 9.17) is 23.2 Å². The van der Waals surface area contributed by atoms with Crippen LogP contribution in [0, 0.1) is 0 Å². The molecule has 0 aliphatic carbocycles. The molecule has 0 aliphatic heterocycles. The van der Waals surface area contributed by atoms with Gasteiger partial charge in [0.25, 0.3) is 5.91 Å². The topological polar surface area (TPSA) is 33.2 Å². The van der Waals surface area contributed by atoms with Crippen LogP contribution in [0.2, 0.25) is 10.3 Å². The van der Waals surface area contributed by atoms with Gasteiger partial charge in [-0.3, -0.25) is 4.79 Å². The maximum absolute atomic E-state index is 12.6. The molecule has 0 aromatic carbocycles. The summed E-state index contributed by atoms with van der Waals surface area (Å²) in [5, 5.41) is 0.489. The number of nitrogens with zero attached hydrogens (tertiary/aromatic N) is 2. The summed E-state index contributed by atoms with van der Waals surface area (Å²) in [6, 6.07) is 3.27. The Kier molecular flexibility index (Phi) is 8.70. The molecule has 0 radical (unpaired) electrons. The zero-order valence-electron chi connectivity index (χ0n) is 12.9. The van der Waals surface area contributed by atoms with Crippen molar-refractivity contribution in [3.05, 3.63) is 28.0 Å². The van der Waals surface area contributed by atoms with Crippen molar-refractivity contribution in [2.45, 2.75) is 52.4 Å². The third-order valence-corrected chi connectivity index (χ3v) is 3.89. The molecular weight excluding hydrogens is 307 g/mol. The quantitative estimate of drug-likeness (QED) is 0.460. The SMILES string of the molecule is CCCCCN(CCCCC)C(=O)c1ccc(Cl)nc1Cl. The van der Waals surface area contributed by atoms with Crippen molar-refractivity contribution < 1.29 is 4.79 Å². The molecule has 0 unspecified atom stereocenters. The second-order valence-electron chi connectivity index (χ2n) is 5.18. The summed E-state index contributed by atoms with van der Waals surface area (Å²) in [4.78, 5) is 18.5. The highest BCUT2D eigenvalue weighted by Crippen LogP contribution is 2.19. The number of amides is 1. The summed E-state index contributed by atoms with van der Waals surface area (Å²) in [5.41, 5.74) is 0.439. The molecule has 1 amide bonds. The molecule has 5 heteroatoms. The van der Waals surface area contributed by atoms with Crippen molar-refractivity contribution in [3.63, 3.8) is 0 Å². The molecular formula is C16H24Cl2N2O. The number of carbonyl (C=O) groups excluding carboxylic acids is 1.